The van der Waals surface area contributed by atoms with Crippen molar-refractivity contribution in [3.8, 4) is 0 Å². The topological polar surface area (TPSA) is 82.1 Å². The lowest BCUT2D eigenvalue weighted by molar-refractivity contribution is -0.172. The number of likely N-dealkylation sites (N-methyl/N-ethyl adjacent to an activating group) is 1. The van der Waals surface area contributed by atoms with E-state index in [0.717, 1.165) is 21.6 Å². The Morgan fingerprint density at radius 3 is 2.11 bits per heavy atom. The molecule has 0 aliphatic heterocycles. The Bertz CT molecular complexity index is 1310. The second-order valence-electron chi connectivity index (χ2n) is 12.7. The van der Waals surface area contributed by atoms with Gasteiger partial charge in [-0.2, -0.15) is 0 Å². The van der Waals surface area contributed by atoms with E-state index in [2.05, 4.69) is 0 Å². The molecule has 2 atom stereocenters. The smallest absolute Gasteiger partial charge is 0.410 e. The molecule has 44 heavy (non-hydrogen) atoms. The van der Waals surface area contributed by atoms with Crippen LogP contribution in [0, 0.1) is 0 Å². The zero-order valence-corrected chi connectivity index (χ0v) is 26.2. The predicted octanol–water partition coefficient (Wildman–Crippen LogP) is 7.46. The van der Waals surface area contributed by atoms with Gasteiger partial charge in [0.15, 0.2) is 0 Å². The van der Waals surface area contributed by atoms with Crippen LogP contribution >= 0.6 is 0 Å². The van der Waals surface area contributed by atoms with Gasteiger partial charge in [-0.25, -0.2) is 27.6 Å². The molecular formula is C34H42F3NO6. The maximum Gasteiger partial charge on any atom is 0.410 e. The van der Waals surface area contributed by atoms with Gasteiger partial charge in [-0.15, -0.1) is 0 Å². The van der Waals surface area contributed by atoms with E-state index in [-0.39, 0.29) is 32.3 Å². The first-order chi connectivity index (χ1) is 20.4. The van der Waals surface area contributed by atoms with E-state index in [1.807, 2.05) is 6.07 Å². The molecule has 0 radical (unpaired) electrons. The summed E-state index contributed by atoms with van der Waals surface area (Å²) in [6, 6.07) is 14.5. The van der Waals surface area contributed by atoms with Crippen LogP contribution in [0.2, 0.25) is 0 Å². The SMILES string of the molecule is CN(C(=O)OC(C)(C)C)[C@@H](CC(C)(C)F)C(=O)OC(Cc1ccc(C2=CCC(F)(F)CC2)cc1)C(=O)OCc1ccccc1. The normalized spacial score (nSPS) is 16.2. The van der Waals surface area contributed by atoms with Crippen LogP contribution in [0.3, 0.4) is 0 Å². The molecule has 7 nitrogen and oxygen atoms in total. The molecule has 0 N–H and O–H groups in total. The molecule has 2 aromatic rings. The van der Waals surface area contributed by atoms with Crippen molar-refractivity contribution in [1.29, 1.82) is 0 Å². The number of carbonyl (C=O) groups is 3. The van der Waals surface area contributed by atoms with Gasteiger partial charge in [0.1, 0.15) is 23.9 Å². The zero-order valence-electron chi connectivity index (χ0n) is 26.2. The van der Waals surface area contributed by atoms with Crippen LogP contribution in [0.5, 0.6) is 0 Å². The van der Waals surface area contributed by atoms with Crippen molar-refractivity contribution < 1.29 is 41.8 Å². The summed E-state index contributed by atoms with van der Waals surface area (Å²) in [4.78, 5) is 40.5. The molecule has 0 saturated carbocycles. The number of ether oxygens (including phenoxy) is 3. The van der Waals surface area contributed by atoms with Gasteiger partial charge in [0.25, 0.3) is 5.92 Å². The highest BCUT2D eigenvalue weighted by Gasteiger charge is 2.38. The molecule has 0 saturated heterocycles. The summed E-state index contributed by atoms with van der Waals surface area (Å²) in [7, 11) is 1.31. The van der Waals surface area contributed by atoms with E-state index >= 15 is 0 Å². The van der Waals surface area contributed by atoms with Crippen molar-refractivity contribution >= 4 is 23.6 Å². The average molecular weight is 618 g/mol. The number of allylic oxidation sites excluding steroid dienone is 2. The molecule has 10 heteroatoms. The molecule has 1 unspecified atom stereocenters. The van der Waals surface area contributed by atoms with Crippen LogP contribution in [-0.4, -0.2) is 59.3 Å². The van der Waals surface area contributed by atoms with Crippen molar-refractivity contribution in [2.24, 2.45) is 0 Å². The molecule has 240 valence electrons. The summed E-state index contributed by atoms with van der Waals surface area (Å²) in [5.41, 5.74) is 0.214. The molecular weight excluding hydrogens is 575 g/mol. The number of alkyl halides is 3. The fourth-order valence-corrected chi connectivity index (χ4v) is 4.64. The van der Waals surface area contributed by atoms with Crippen molar-refractivity contribution in [2.45, 2.75) is 103 Å². The molecule has 1 aliphatic rings. The molecule has 0 fully saturated rings. The monoisotopic (exact) mass is 617 g/mol. The molecule has 0 heterocycles. The van der Waals surface area contributed by atoms with E-state index in [9.17, 15) is 27.6 Å². The van der Waals surface area contributed by atoms with Crippen LogP contribution in [0.4, 0.5) is 18.0 Å². The maximum atomic E-state index is 14.8. The third-order valence-electron chi connectivity index (χ3n) is 7.00. The van der Waals surface area contributed by atoms with E-state index in [1.54, 1.807) is 69.3 Å². The summed E-state index contributed by atoms with van der Waals surface area (Å²) in [6.07, 6.45) is -1.49. The van der Waals surface area contributed by atoms with Crippen LogP contribution in [0.15, 0.2) is 60.7 Å². The Balaban J connectivity index is 1.83. The predicted molar refractivity (Wildman–Crippen MR) is 161 cm³/mol. The van der Waals surface area contributed by atoms with Gasteiger partial charge in [-0.05, 0) is 63.3 Å². The number of hydrogen-bond donors (Lipinski definition) is 0. The number of rotatable bonds is 11. The lowest BCUT2D eigenvalue weighted by Crippen LogP contribution is -2.49. The van der Waals surface area contributed by atoms with Crippen LogP contribution in [0.25, 0.3) is 5.57 Å². The van der Waals surface area contributed by atoms with Gasteiger partial charge in [-0.3, -0.25) is 4.90 Å². The van der Waals surface area contributed by atoms with E-state index < -0.39 is 53.8 Å². The minimum Gasteiger partial charge on any atom is -0.458 e. The summed E-state index contributed by atoms with van der Waals surface area (Å²) in [6.45, 7) is 7.46. The second kappa shape index (κ2) is 14.3. The Morgan fingerprint density at radius 1 is 0.932 bits per heavy atom. The van der Waals surface area contributed by atoms with Crippen molar-refractivity contribution in [1.82, 2.24) is 4.90 Å². The molecule has 0 aromatic heterocycles. The Labute approximate surface area is 257 Å². The maximum absolute atomic E-state index is 14.8. The molecule has 1 amide bonds. The molecule has 0 bridgehead atoms. The number of halogens is 3. The minimum absolute atomic E-state index is 0.0653. The largest absolute Gasteiger partial charge is 0.458 e. The third-order valence-corrected chi connectivity index (χ3v) is 7.00. The van der Waals surface area contributed by atoms with Crippen molar-refractivity contribution in [2.75, 3.05) is 7.05 Å². The highest BCUT2D eigenvalue weighted by atomic mass is 19.3. The van der Waals surface area contributed by atoms with E-state index in [0.29, 0.717) is 5.56 Å². The third kappa shape index (κ3) is 11.0. The average Bonchev–Trinajstić information content (AvgIpc) is 2.93. The summed E-state index contributed by atoms with van der Waals surface area (Å²) in [5, 5.41) is 0. The highest BCUT2D eigenvalue weighted by Crippen LogP contribution is 2.36. The van der Waals surface area contributed by atoms with Gasteiger partial charge >= 0.3 is 18.0 Å². The Hall–Kier alpha value is -3.82. The first-order valence-corrected chi connectivity index (χ1v) is 14.6. The summed E-state index contributed by atoms with van der Waals surface area (Å²) < 4.78 is 58.5. The van der Waals surface area contributed by atoms with Crippen molar-refractivity contribution in [3.63, 3.8) is 0 Å². The Kier molecular flexibility index (Phi) is 11.3. The second-order valence-corrected chi connectivity index (χ2v) is 12.7. The van der Waals surface area contributed by atoms with E-state index in [1.165, 1.54) is 27.0 Å². The molecule has 3 rings (SSSR count). The summed E-state index contributed by atoms with van der Waals surface area (Å²) in [5.74, 6) is -4.51. The first-order valence-electron chi connectivity index (χ1n) is 14.6. The van der Waals surface area contributed by atoms with Gasteiger partial charge < -0.3 is 14.2 Å². The minimum atomic E-state index is -2.70. The fraction of sp³-hybridized carbons (Fsp3) is 0.500. The van der Waals surface area contributed by atoms with Crippen LogP contribution < -0.4 is 0 Å². The summed E-state index contributed by atoms with van der Waals surface area (Å²) >= 11 is 0. The number of benzene rings is 2. The number of hydrogen-bond acceptors (Lipinski definition) is 6. The van der Waals surface area contributed by atoms with E-state index in [4.69, 9.17) is 14.2 Å². The lowest BCUT2D eigenvalue weighted by Gasteiger charge is -2.32. The first kappa shape index (κ1) is 34.7. The van der Waals surface area contributed by atoms with Crippen LogP contribution in [0.1, 0.15) is 77.0 Å². The lowest BCUT2D eigenvalue weighted by atomic mass is 9.91. The van der Waals surface area contributed by atoms with Crippen LogP contribution in [-0.2, 0) is 36.8 Å². The Morgan fingerprint density at radius 2 is 1.57 bits per heavy atom. The van der Waals surface area contributed by atoms with Gasteiger partial charge in [0.05, 0.1) is 0 Å². The zero-order chi connectivity index (χ0) is 32.7. The van der Waals surface area contributed by atoms with Gasteiger partial charge in [0, 0.05) is 32.7 Å². The molecule has 0 spiro atoms. The molecule has 1 aliphatic carbocycles. The number of nitrogens with zero attached hydrogens (tertiary/aromatic N) is 1. The fourth-order valence-electron chi connectivity index (χ4n) is 4.64. The standard InChI is InChI=1S/C34H42F3NO6/c1-32(2,3)44-31(41)38(6)27(21-33(4,5)35)29(39)43-28(30(40)42-22-24-10-8-7-9-11-24)20-23-12-14-25(15-13-23)26-16-18-34(36,37)19-17-26/h7-16,27-28H,17-22H2,1-6H3/t27-,28?/m0/s1. The quantitative estimate of drug-likeness (QED) is 0.192. The number of carbonyl (C=O) groups excluding carboxylic acids is 3. The molecule has 2 aromatic carbocycles. The number of amides is 1. The van der Waals surface area contributed by atoms with Gasteiger partial charge in [-0.1, -0.05) is 60.7 Å². The number of esters is 2. The highest BCUT2D eigenvalue weighted by molar-refractivity contribution is 5.85. The van der Waals surface area contributed by atoms with Crippen molar-refractivity contribution in [3.05, 3.63) is 77.4 Å². The van der Waals surface area contributed by atoms with Gasteiger partial charge in [0.2, 0.25) is 6.10 Å².